The minimum Gasteiger partial charge on any atom is -0.388 e. The second-order valence-electron chi connectivity index (χ2n) is 3.59. The Hall–Kier alpha value is -0.120. The highest BCUT2D eigenvalue weighted by molar-refractivity contribution is 4.71. The van der Waals surface area contributed by atoms with E-state index in [1.807, 2.05) is 20.8 Å². The van der Waals surface area contributed by atoms with Crippen molar-refractivity contribution in [3.8, 4) is 0 Å². The zero-order valence-corrected chi connectivity index (χ0v) is 9.12. The van der Waals surface area contributed by atoms with Crippen molar-refractivity contribution >= 4 is 0 Å². The van der Waals surface area contributed by atoms with Gasteiger partial charge in [-0.15, -0.1) is 0 Å². The van der Waals surface area contributed by atoms with Crippen molar-refractivity contribution in [1.82, 2.24) is 0 Å². The average molecular weight is 190 g/mol. The number of ether oxygens (including phenoxy) is 2. The van der Waals surface area contributed by atoms with E-state index in [1.54, 1.807) is 7.11 Å². The van der Waals surface area contributed by atoms with Crippen LogP contribution in [0.15, 0.2) is 0 Å². The molecule has 0 aromatic carbocycles. The van der Waals surface area contributed by atoms with Crippen LogP contribution in [-0.2, 0) is 9.47 Å². The maximum atomic E-state index is 9.66. The van der Waals surface area contributed by atoms with Gasteiger partial charge in [0.25, 0.3) is 0 Å². The van der Waals surface area contributed by atoms with Crippen molar-refractivity contribution in [1.29, 1.82) is 0 Å². The third-order valence-corrected chi connectivity index (χ3v) is 1.95. The molecule has 0 aliphatic carbocycles. The molecule has 0 rings (SSSR count). The van der Waals surface area contributed by atoms with Crippen LogP contribution in [0.25, 0.3) is 0 Å². The Morgan fingerprint density at radius 3 is 2.31 bits per heavy atom. The quantitative estimate of drug-likeness (QED) is 0.617. The molecule has 0 aliphatic heterocycles. The number of hydrogen-bond acceptors (Lipinski definition) is 3. The minimum absolute atomic E-state index is 0.128. The molecule has 3 heteroatoms. The van der Waals surface area contributed by atoms with E-state index >= 15 is 0 Å². The van der Waals surface area contributed by atoms with Crippen molar-refractivity contribution in [3.05, 3.63) is 0 Å². The van der Waals surface area contributed by atoms with Crippen molar-refractivity contribution in [2.24, 2.45) is 5.92 Å². The van der Waals surface area contributed by atoms with Gasteiger partial charge in [0, 0.05) is 13.7 Å². The van der Waals surface area contributed by atoms with Gasteiger partial charge in [-0.25, -0.2) is 0 Å². The normalized spacial score (nSPS) is 16.2. The molecule has 80 valence electrons. The molecule has 13 heavy (non-hydrogen) atoms. The van der Waals surface area contributed by atoms with Gasteiger partial charge in [0.2, 0.25) is 0 Å². The molecule has 0 aromatic rings. The van der Waals surface area contributed by atoms with Crippen LogP contribution in [0.3, 0.4) is 0 Å². The summed E-state index contributed by atoms with van der Waals surface area (Å²) in [5.41, 5.74) is 0. The summed E-state index contributed by atoms with van der Waals surface area (Å²) in [6.07, 6.45) is 0.333. The molecule has 1 N–H and O–H groups in total. The fraction of sp³-hybridized carbons (Fsp3) is 1.00. The summed E-state index contributed by atoms with van der Waals surface area (Å²) in [6, 6.07) is 0. The first kappa shape index (κ1) is 12.9. The molecule has 0 amide bonds. The second-order valence-corrected chi connectivity index (χ2v) is 3.59. The second kappa shape index (κ2) is 7.30. The van der Waals surface area contributed by atoms with Crippen molar-refractivity contribution in [3.63, 3.8) is 0 Å². The first-order valence-corrected chi connectivity index (χ1v) is 4.92. The van der Waals surface area contributed by atoms with Gasteiger partial charge in [0.05, 0.1) is 12.7 Å². The van der Waals surface area contributed by atoms with Crippen LogP contribution < -0.4 is 0 Å². The largest absolute Gasteiger partial charge is 0.388 e. The molecule has 2 unspecified atom stereocenters. The SMILES string of the molecule is CCCOCC(O)C(OC)C(C)C. The molecule has 0 bridgehead atoms. The van der Waals surface area contributed by atoms with Crippen LogP contribution in [-0.4, -0.2) is 37.6 Å². The molecule has 0 aliphatic rings. The standard InChI is InChI=1S/C10H22O3/c1-5-6-13-7-9(11)10(12-4)8(2)3/h8-11H,5-7H2,1-4H3. The van der Waals surface area contributed by atoms with Gasteiger partial charge in [-0.1, -0.05) is 20.8 Å². The van der Waals surface area contributed by atoms with E-state index in [9.17, 15) is 5.11 Å². The molecule has 0 heterocycles. The third-order valence-electron chi connectivity index (χ3n) is 1.95. The van der Waals surface area contributed by atoms with Gasteiger partial charge in [-0.2, -0.15) is 0 Å². The zero-order valence-electron chi connectivity index (χ0n) is 9.12. The van der Waals surface area contributed by atoms with Gasteiger partial charge in [-0.05, 0) is 12.3 Å². The van der Waals surface area contributed by atoms with Gasteiger partial charge < -0.3 is 14.6 Å². The van der Waals surface area contributed by atoms with E-state index in [2.05, 4.69) is 0 Å². The highest BCUT2D eigenvalue weighted by atomic mass is 16.5. The van der Waals surface area contributed by atoms with E-state index in [0.717, 1.165) is 6.42 Å². The average Bonchev–Trinajstić information content (AvgIpc) is 2.05. The number of aliphatic hydroxyl groups is 1. The summed E-state index contributed by atoms with van der Waals surface area (Å²) in [7, 11) is 1.62. The zero-order chi connectivity index (χ0) is 10.3. The first-order valence-electron chi connectivity index (χ1n) is 4.92. The lowest BCUT2D eigenvalue weighted by molar-refractivity contribution is -0.0736. The van der Waals surface area contributed by atoms with Crippen LogP contribution in [0.2, 0.25) is 0 Å². The van der Waals surface area contributed by atoms with Gasteiger partial charge >= 0.3 is 0 Å². The molecule has 0 spiro atoms. The van der Waals surface area contributed by atoms with Gasteiger partial charge in [0.1, 0.15) is 6.10 Å². The lowest BCUT2D eigenvalue weighted by Gasteiger charge is -2.24. The Bertz CT molecular complexity index is 115. The Labute approximate surface area is 81.0 Å². The van der Waals surface area contributed by atoms with E-state index in [1.165, 1.54) is 0 Å². The van der Waals surface area contributed by atoms with Crippen LogP contribution in [0.5, 0.6) is 0 Å². The maximum Gasteiger partial charge on any atom is 0.104 e. The molecule has 0 radical (unpaired) electrons. The molecule has 0 saturated heterocycles. The molecular formula is C10H22O3. The van der Waals surface area contributed by atoms with Crippen LogP contribution in [0.4, 0.5) is 0 Å². The van der Waals surface area contributed by atoms with E-state index in [0.29, 0.717) is 19.1 Å². The first-order chi connectivity index (χ1) is 6.13. The fourth-order valence-corrected chi connectivity index (χ4v) is 1.32. The highest BCUT2D eigenvalue weighted by Gasteiger charge is 2.21. The topological polar surface area (TPSA) is 38.7 Å². The molecular weight excluding hydrogens is 168 g/mol. The molecule has 0 saturated carbocycles. The molecule has 0 fully saturated rings. The number of hydrogen-bond donors (Lipinski definition) is 1. The van der Waals surface area contributed by atoms with Crippen molar-refractivity contribution in [2.45, 2.75) is 39.4 Å². The molecule has 3 nitrogen and oxygen atoms in total. The molecule has 0 aromatic heterocycles. The predicted octanol–water partition coefficient (Wildman–Crippen LogP) is 1.44. The summed E-state index contributed by atoms with van der Waals surface area (Å²) in [5.74, 6) is 0.310. The maximum absolute atomic E-state index is 9.66. The lowest BCUT2D eigenvalue weighted by Crippen LogP contribution is -2.36. The van der Waals surface area contributed by atoms with Crippen molar-refractivity contribution in [2.75, 3.05) is 20.3 Å². The van der Waals surface area contributed by atoms with Crippen molar-refractivity contribution < 1.29 is 14.6 Å². The van der Waals surface area contributed by atoms with E-state index in [-0.39, 0.29) is 6.10 Å². The van der Waals surface area contributed by atoms with Crippen LogP contribution in [0.1, 0.15) is 27.2 Å². The Morgan fingerprint density at radius 1 is 1.31 bits per heavy atom. The summed E-state index contributed by atoms with van der Waals surface area (Å²) in [5, 5.41) is 9.66. The van der Waals surface area contributed by atoms with Crippen LogP contribution >= 0.6 is 0 Å². The van der Waals surface area contributed by atoms with Gasteiger partial charge in [0.15, 0.2) is 0 Å². The number of methoxy groups -OCH3 is 1. The monoisotopic (exact) mass is 190 g/mol. The minimum atomic E-state index is -0.517. The van der Waals surface area contributed by atoms with E-state index in [4.69, 9.17) is 9.47 Å². The summed E-state index contributed by atoms with van der Waals surface area (Å²) < 4.78 is 10.4. The number of aliphatic hydroxyl groups excluding tert-OH is 1. The summed E-state index contributed by atoms with van der Waals surface area (Å²) in [4.78, 5) is 0. The smallest absolute Gasteiger partial charge is 0.104 e. The predicted molar refractivity (Wildman–Crippen MR) is 52.8 cm³/mol. The van der Waals surface area contributed by atoms with E-state index < -0.39 is 6.10 Å². The lowest BCUT2D eigenvalue weighted by atomic mass is 10.0. The molecule has 2 atom stereocenters. The Balaban J connectivity index is 3.70. The number of rotatable bonds is 7. The Morgan fingerprint density at radius 2 is 1.92 bits per heavy atom. The summed E-state index contributed by atoms with van der Waals surface area (Å²) in [6.45, 7) is 7.16. The third kappa shape index (κ3) is 5.24. The van der Waals surface area contributed by atoms with Gasteiger partial charge in [-0.3, -0.25) is 0 Å². The Kier molecular flexibility index (Phi) is 7.23. The fourth-order valence-electron chi connectivity index (χ4n) is 1.32. The summed E-state index contributed by atoms with van der Waals surface area (Å²) >= 11 is 0. The highest BCUT2D eigenvalue weighted by Crippen LogP contribution is 2.10. The van der Waals surface area contributed by atoms with Crippen LogP contribution in [0, 0.1) is 5.92 Å².